The number of amides is 2. The van der Waals surface area contributed by atoms with Gasteiger partial charge in [0.15, 0.2) is 0 Å². The molecule has 0 radical (unpaired) electrons. The highest BCUT2D eigenvalue weighted by atomic mass is 16.5. The molecular weight excluding hydrogens is 520 g/mol. The number of ether oxygens (including phenoxy) is 2. The van der Waals surface area contributed by atoms with Crippen molar-refractivity contribution in [3.05, 3.63) is 97.1 Å². The molecule has 0 saturated heterocycles. The van der Waals surface area contributed by atoms with Gasteiger partial charge in [0.1, 0.15) is 6.61 Å². The molecule has 0 aliphatic carbocycles. The van der Waals surface area contributed by atoms with Gasteiger partial charge in [-0.15, -0.1) is 13.2 Å². The highest BCUT2D eigenvalue weighted by Crippen LogP contribution is 2.17. The molecule has 2 amide bonds. The van der Waals surface area contributed by atoms with Crippen molar-refractivity contribution in [1.82, 2.24) is 10.6 Å². The van der Waals surface area contributed by atoms with E-state index >= 15 is 0 Å². The quantitative estimate of drug-likeness (QED) is 0.165. The predicted molar refractivity (Wildman–Crippen MR) is 160 cm³/mol. The van der Waals surface area contributed by atoms with Crippen molar-refractivity contribution in [2.45, 2.75) is 57.7 Å². The van der Waals surface area contributed by atoms with Crippen LogP contribution in [-0.2, 0) is 36.9 Å². The summed E-state index contributed by atoms with van der Waals surface area (Å²) >= 11 is 0. The zero-order valence-corrected chi connectivity index (χ0v) is 24.0. The van der Waals surface area contributed by atoms with Crippen molar-refractivity contribution in [1.29, 1.82) is 0 Å². The van der Waals surface area contributed by atoms with Gasteiger partial charge in [-0.1, -0.05) is 72.8 Å². The van der Waals surface area contributed by atoms with Crippen molar-refractivity contribution in [3.63, 3.8) is 0 Å². The summed E-state index contributed by atoms with van der Waals surface area (Å²) in [5.41, 5.74) is 2.01. The fraction of sp³-hybridized carbons (Fsp3) is 0.424. The van der Waals surface area contributed by atoms with Crippen molar-refractivity contribution in [3.8, 4) is 0 Å². The van der Waals surface area contributed by atoms with E-state index in [1.807, 2.05) is 60.7 Å². The lowest BCUT2D eigenvalue weighted by Gasteiger charge is -2.24. The van der Waals surface area contributed by atoms with Gasteiger partial charge in [0.25, 0.3) is 0 Å². The van der Waals surface area contributed by atoms with Crippen LogP contribution in [0, 0.1) is 11.8 Å². The molecule has 2 rings (SSSR count). The average molecular weight is 565 g/mol. The maximum absolute atomic E-state index is 13.2. The summed E-state index contributed by atoms with van der Waals surface area (Å²) in [5.74, 6) is -2.10. The first-order valence-electron chi connectivity index (χ1n) is 14.1. The van der Waals surface area contributed by atoms with Gasteiger partial charge in [-0.2, -0.15) is 0 Å². The number of aliphatic hydroxyl groups is 1. The highest BCUT2D eigenvalue weighted by Gasteiger charge is 2.26. The number of hydrogen-bond acceptors (Lipinski definition) is 6. The van der Waals surface area contributed by atoms with Gasteiger partial charge in [0.2, 0.25) is 11.8 Å². The van der Waals surface area contributed by atoms with Gasteiger partial charge in [-0.05, 0) is 43.7 Å². The number of nitrogens with one attached hydrogen (secondary N) is 2. The second kappa shape index (κ2) is 19.3. The third kappa shape index (κ3) is 13.4. The molecule has 41 heavy (non-hydrogen) atoms. The minimum absolute atomic E-state index is 0.0692. The van der Waals surface area contributed by atoms with E-state index in [-0.39, 0.29) is 56.4 Å². The minimum Gasteiger partial charge on any atom is -0.463 e. The van der Waals surface area contributed by atoms with E-state index in [4.69, 9.17) is 9.47 Å². The van der Waals surface area contributed by atoms with Crippen LogP contribution < -0.4 is 10.6 Å². The van der Waals surface area contributed by atoms with E-state index in [1.54, 1.807) is 19.1 Å². The number of carbonyl (C=O) groups is 3. The second-order valence-corrected chi connectivity index (χ2v) is 10.2. The summed E-state index contributed by atoms with van der Waals surface area (Å²) in [5, 5.41) is 14.8. The topological polar surface area (TPSA) is 114 Å². The Morgan fingerprint density at radius 3 is 2.17 bits per heavy atom. The second-order valence-electron chi connectivity index (χ2n) is 10.2. The van der Waals surface area contributed by atoms with Crippen LogP contribution in [0.3, 0.4) is 0 Å². The molecule has 8 nitrogen and oxygen atoms in total. The molecule has 0 aliphatic heterocycles. The van der Waals surface area contributed by atoms with E-state index < -0.39 is 18.0 Å². The third-order valence-electron chi connectivity index (χ3n) is 6.52. The largest absolute Gasteiger partial charge is 0.463 e. The zero-order valence-electron chi connectivity index (χ0n) is 24.0. The molecule has 2 aromatic rings. The SMILES string of the molecule is C=CCCC(Cc1ccccc1)C(=O)OCC(COCc1ccccc1)NC(=O)C(CC=C)CC(=O)NC(C)CO. The van der Waals surface area contributed by atoms with Gasteiger partial charge in [-0.25, -0.2) is 0 Å². The lowest BCUT2D eigenvalue weighted by Crippen LogP contribution is -2.46. The smallest absolute Gasteiger partial charge is 0.309 e. The Hall–Kier alpha value is -3.75. The lowest BCUT2D eigenvalue weighted by molar-refractivity contribution is -0.150. The summed E-state index contributed by atoms with van der Waals surface area (Å²) < 4.78 is 11.6. The molecular formula is C33H44N2O6. The maximum atomic E-state index is 13.2. The molecule has 0 fully saturated rings. The van der Waals surface area contributed by atoms with Crippen molar-refractivity contribution in [2.75, 3.05) is 19.8 Å². The van der Waals surface area contributed by atoms with E-state index in [0.717, 1.165) is 11.1 Å². The highest BCUT2D eigenvalue weighted by molar-refractivity contribution is 5.86. The Balaban J connectivity index is 2.08. The summed E-state index contributed by atoms with van der Waals surface area (Å²) in [6, 6.07) is 18.3. The van der Waals surface area contributed by atoms with Gasteiger partial charge in [0.05, 0.1) is 37.7 Å². The summed E-state index contributed by atoms with van der Waals surface area (Å²) in [6.45, 7) is 9.32. The summed E-state index contributed by atoms with van der Waals surface area (Å²) in [4.78, 5) is 38.8. The van der Waals surface area contributed by atoms with E-state index in [2.05, 4.69) is 23.8 Å². The van der Waals surface area contributed by atoms with Crippen LogP contribution in [0.25, 0.3) is 0 Å². The minimum atomic E-state index is -0.677. The zero-order chi connectivity index (χ0) is 29.9. The van der Waals surface area contributed by atoms with Crippen molar-refractivity contribution < 1.29 is 29.0 Å². The van der Waals surface area contributed by atoms with Gasteiger partial charge in [0, 0.05) is 12.5 Å². The number of allylic oxidation sites excluding steroid dienone is 2. The Kier molecular flexibility index (Phi) is 15.8. The molecule has 0 spiro atoms. The van der Waals surface area contributed by atoms with Crippen molar-refractivity contribution in [2.24, 2.45) is 11.8 Å². The molecule has 0 bridgehead atoms. The Morgan fingerprint density at radius 1 is 0.902 bits per heavy atom. The van der Waals surface area contributed by atoms with E-state index in [0.29, 0.717) is 25.9 Å². The molecule has 2 aromatic carbocycles. The van der Waals surface area contributed by atoms with Crippen LogP contribution in [0.2, 0.25) is 0 Å². The summed E-state index contributed by atoms with van der Waals surface area (Å²) in [7, 11) is 0. The fourth-order valence-electron chi connectivity index (χ4n) is 4.25. The molecule has 0 heterocycles. The molecule has 4 atom stereocenters. The third-order valence-corrected chi connectivity index (χ3v) is 6.52. The standard InChI is InChI=1S/C33H44N2O6/c1-4-6-18-29(19-26-14-9-7-10-15-26)33(39)41-24-30(23-40-22-27-16-11-8-12-17-27)35-32(38)28(13-5-2)20-31(37)34-25(3)21-36/h4-5,7-12,14-17,25,28-30,36H,1-2,6,13,18-24H2,3H3,(H,34,37)(H,35,38). The van der Waals surface area contributed by atoms with Crippen LogP contribution >= 0.6 is 0 Å². The number of hydrogen-bond donors (Lipinski definition) is 3. The normalized spacial score (nSPS) is 13.7. The molecule has 4 unspecified atom stereocenters. The predicted octanol–water partition coefficient (Wildman–Crippen LogP) is 4.14. The first-order chi connectivity index (χ1) is 19.9. The Labute approximate surface area is 243 Å². The Bertz CT molecular complexity index is 1080. The van der Waals surface area contributed by atoms with E-state index in [9.17, 15) is 19.5 Å². The first-order valence-corrected chi connectivity index (χ1v) is 14.1. The average Bonchev–Trinajstić information content (AvgIpc) is 2.98. The van der Waals surface area contributed by atoms with Crippen LogP contribution in [0.15, 0.2) is 86.0 Å². The number of benzene rings is 2. The number of esters is 1. The monoisotopic (exact) mass is 564 g/mol. The first kappa shape index (κ1) is 33.5. The molecule has 0 aromatic heterocycles. The molecule has 0 aliphatic rings. The van der Waals surface area contributed by atoms with Crippen LogP contribution in [0.5, 0.6) is 0 Å². The van der Waals surface area contributed by atoms with Gasteiger partial charge >= 0.3 is 5.97 Å². The van der Waals surface area contributed by atoms with Gasteiger partial charge in [-0.3, -0.25) is 14.4 Å². The van der Waals surface area contributed by atoms with Crippen LogP contribution in [0.1, 0.15) is 43.7 Å². The van der Waals surface area contributed by atoms with Crippen LogP contribution in [0.4, 0.5) is 0 Å². The molecule has 0 saturated carbocycles. The molecule has 222 valence electrons. The number of carbonyl (C=O) groups excluding carboxylic acids is 3. The lowest BCUT2D eigenvalue weighted by atomic mass is 9.95. The maximum Gasteiger partial charge on any atom is 0.309 e. The molecule has 3 N–H and O–H groups in total. The van der Waals surface area contributed by atoms with Crippen molar-refractivity contribution >= 4 is 17.8 Å². The number of rotatable bonds is 20. The fourth-order valence-corrected chi connectivity index (χ4v) is 4.25. The molecule has 8 heteroatoms. The van der Waals surface area contributed by atoms with Gasteiger partial charge < -0.3 is 25.2 Å². The summed E-state index contributed by atoms with van der Waals surface area (Å²) in [6.07, 6.45) is 5.39. The van der Waals surface area contributed by atoms with Crippen LogP contribution in [-0.4, -0.2) is 54.8 Å². The number of aliphatic hydroxyl groups excluding tert-OH is 1. The van der Waals surface area contributed by atoms with E-state index in [1.165, 1.54) is 0 Å². The Morgan fingerprint density at radius 2 is 1.56 bits per heavy atom.